The highest BCUT2D eigenvalue weighted by Gasteiger charge is 2.24. The highest BCUT2D eigenvalue weighted by Crippen LogP contribution is 2.37. The first-order valence-corrected chi connectivity index (χ1v) is 9.07. The number of rotatable bonds is 5. The zero-order valence-electron chi connectivity index (χ0n) is 15.0. The zero-order chi connectivity index (χ0) is 19.4. The van der Waals surface area contributed by atoms with Gasteiger partial charge in [-0.2, -0.15) is 0 Å². The van der Waals surface area contributed by atoms with E-state index >= 15 is 0 Å². The summed E-state index contributed by atoms with van der Waals surface area (Å²) in [6.45, 7) is 0.304. The SMILES string of the molecule is COc1cc(C(=O)N2CCCCc3ccccc32)cc(Cl)c1OCC(N)=O. The first-order chi connectivity index (χ1) is 13.0. The number of primary amides is 1. The standard InChI is InChI=1S/C20H21ClN2O4/c1-26-17-11-14(10-15(21)19(17)27-12-18(22)24)20(25)23-9-5-4-7-13-6-2-3-8-16(13)23/h2-3,6,8,10-11H,4-5,7,9,12H2,1H3,(H2,22,24). The maximum Gasteiger partial charge on any atom is 0.258 e. The lowest BCUT2D eigenvalue weighted by Crippen LogP contribution is -2.31. The van der Waals surface area contributed by atoms with Gasteiger partial charge in [0, 0.05) is 17.8 Å². The minimum atomic E-state index is -0.630. The number of carbonyl (C=O) groups is 2. The van der Waals surface area contributed by atoms with Crippen LogP contribution in [0, 0.1) is 0 Å². The number of benzene rings is 2. The molecule has 0 bridgehead atoms. The summed E-state index contributed by atoms with van der Waals surface area (Å²) < 4.78 is 10.6. The summed E-state index contributed by atoms with van der Waals surface area (Å²) >= 11 is 6.28. The summed E-state index contributed by atoms with van der Waals surface area (Å²) in [5.74, 6) is -0.332. The predicted molar refractivity (Wildman–Crippen MR) is 104 cm³/mol. The van der Waals surface area contributed by atoms with E-state index in [0.29, 0.717) is 12.1 Å². The number of nitrogens with zero attached hydrogens (tertiary/aromatic N) is 1. The Morgan fingerprint density at radius 3 is 2.74 bits per heavy atom. The second kappa shape index (κ2) is 8.31. The number of nitrogens with two attached hydrogens (primary N) is 1. The van der Waals surface area contributed by atoms with Crippen molar-refractivity contribution in [2.45, 2.75) is 19.3 Å². The van der Waals surface area contributed by atoms with Crippen molar-refractivity contribution in [3.8, 4) is 11.5 Å². The second-order valence-corrected chi connectivity index (χ2v) is 6.69. The largest absolute Gasteiger partial charge is 0.493 e. The van der Waals surface area contributed by atoms with Gasteiger partial charge in [0.1, 0.15) is 0 Å². The molecule has 2 aromatic rings. The number of anilines is 1. The van der Waals surface area contributed by atoms with Crippen molar-refractivity contribution in [3.05, 3.63) is 52.5 Å². The maximum absolute atomic E-state index is 13.2. The molecule has 2 N–H and O–H groups in total. The highest BCUT2D eigenvalue weighted by molar-refractivity contribution is 6.33. The fourth-order valence-corrected chi connectivity index (χ4v) is 3.45. The van der Waals surface area contributed by atoms with Crippen LogP contribution in [0.25, 0.3) is 0 Å². The first kappa shape index (κ1) is 19.0. The number of aryl methyl sites for hydroxylation is 1. The minimum Gasteiger partial charge on any atom is -0.493 e. The highest BCUT2D eigenvalue weighted by atomic mass is 35.5. The molecule has 0 aromatic heterocycles. The van der Waals surface area contributed by atoms with Gasteiger partial charge in [-0.1, -0.05) is 29.8 Å². The summed E-state index contributed by atoms with van der Waals surface area (Å²) in [6, 6.07) is 11.0. The van der Waals surface area contributed by atoms with Crippen molar-refractivity contribution in [2.75, 3.05) is 25.2 Å². The lowest BCUT2D eigenvalue weighted by atomic mass is 10.1. The molecular weight excluding hydrogens is 368 g/mol. The normalized spacial score (nSPS) is 13.5. The van der Waals surface area contributed by atoms with Gasteiger partial charge in [0.2, 0.25) is 0 Å². The summed E-state index contributed by atoms with van der Waals surface area (Å²) in [7, 11) is 1.44. The molecule has 1 heterocycles. The Kier molecular flexibility index (Phi) is 5.86. The maximum atomic E-state index is 13.2. The van der Waals surface area contributed by atoms with Crippen molar-refractivity contribution in [1.82, 2.24) is 0 Å². The van der Waals surface area contributed by atoms with Crippen LogP contribution in [0.1, 0.15) is 28.8 Å². The van der Waals surface area contributed by atoms with Crippen molar-refractivity contribution in [3.63, 3.8) is 0 Å². The van der Waals surface area contributed by atoms with E-state index in [1.165, 1.54) is 13.2 Å². The molecule has 0 radical (unpaired) electrons. The lowest BCUT2D eigenvalue weighted by molar-refractivity contribution is -0.119. The summed E-state index contributed by atoms with van der Waals surface area (Å²) in [6.07, 6.45) is 2.90. The molecule has 27 heavy (non-hydrogen) atoms. The molecule has 1 aliphatic rings. The van der Waals surface area contributed by atoms with Crippen LogP contribution in [0.3, 0.4) is 0 Å². The van der Waals surface area contributed by atoms with Gasteiger partial charge in [-0.3, -0.25) is 9.59 Å². The molecule has 2 amide bonds. The van der Waals surface area contributed by atoms with Gasteiger partial charge in [-0.15, -0.1) is 0 Å². The van der Waals surface area contributed by atoms with Gasteiger partial charge in [-0.05, 0) is 43.0 Å². The van der Waals surface area contributed by atoms with Crippen LogP contribution in [0.4, 0.5) is 5.69 Å². The van der Waals surface area contributed by atoms with E-state index in [4.69, 9.17) is 26.8 Å². The van der Waals surface area contributed by atoms with Crippen molar-refractivity contribution in [1.29, 1.82) is 0 Å². The van der Waals surface area contributed by atoms with Crippen LogP contribution < -0.4 is 20.1 Å². The number of carbonyl (C=O) groups excluding carboxylic acids is 2. The molecule has 6 nitrogen and oxygen atoms in total. The molecule has 3 rings (SSSR count). The Morgan fingerprint density at radius 2 is 2.00 bits per heavy atom. The average Bonchev–Trinajstić information content (AvgIpc) is 2.88. The monoisotopic (exact) mass is 388 g/mol. The minimum absolute atomic E-state index is 0.161. The molecule has 0 saturated heterocycles. The van der Waals surface area contributed by atoms with Crippen LogP contribution >= 0.6 is 11.6 Å². The van der Waals surface area contributed by atoms with E-state index in [2.05, 4.69) is 6.07 Å². The molecule has 142 valence electrons. The summed E-state index contributed by atoms with van der Waals surface area (Å²) in [5, 5.41) is 0.182. The van der Waals surface area contributed by atoms with E-state index in [1.54, 1.807) is 11.0 Å². The molecule has 0 spiro atoms. The first-order valence-electron chi connectivity index (χ1n) is 8.69. The Morgan fingerprint density at radius 1 is 1.22 bits per heavy atom. The van der Waals surface area contributed by atoms with E-state index in [9.17, 15) is 9.59 Å². The molecule has 0 saturated carbocycles. The smallest absolute Gasteiger partial charge is 0.258 e. The molecule has 0 unspecified atom stereocenters. The number of methoxy groups -OCH3 is 1. The van der Waals surface area contributed by atoms with Gasteiger partial charge in [0.15, 0.2) is 18.1 Å². The van der Waals surface area contributed by atoms with E-state index in [0.717, 1.165) is 30.5 Å². The molecular formula is C20H21ClN2O4. The number of amides is 2. The van der Waals surface area contributed by atoms with E-state index < -0.39 is 5.91 Å². The van der Waals surface area contributed by atoms with Gasteiger partial charge < -0.3 is 20.1 Å². The van der Waals surface area contributed by atoms with Gasteiger partial charge >= 0.3 is 0 Å². The van der Waals surface area contributed by atoms with Crippen LogP contribution in [-0.4, -0.2) is 32.1 Å². The molecule has 0 fully saturated rings. The molecule has 7 heteroatoms. The number of hydrogen-bond donors (Lipinski definition) is 1. The van der Waals surface area contributed by atoms with Crippen LogP contribution in [-0.2, 0) is 11.2 Å². The van der Waals surface area contributed by atoms with Gasteiger partial charge in [0.05, 0.1) is 12.1 Å². The number of fused-ring (bicyclic) bond motifs is 1. The van der Waals surface area contributed by atoms with E-state index in [1.807, 2.05) is 18.2 Å². The Hall–Kier alpha value is -2.73. The van der Waals surface area contributed by atoms with Gasteiger partial charge in [0.25, 0.3) is 11.8 Å². The third kappa shape index (κ3) is 4.17. The number of para-hydroxylation sites is 1. The van der Waals surface area contributed by atoms with Crippen LogP contribution in [0.5, 0.6) is 11.5 Å². The Bertz CT molecular complexity index is 869. The number of halogens is 1. The van der Waals surface area contributed by atoms with Crippen molar-refractivity contribution in [2.24, 2.45) is 5.73 Å². The number of ether oxygens (including phenoxy) is 2. The Labute approximate surface area is 162 Å². The third-order valence-corrected chi connectivity index (χ3v) is 4.72. The van der Waals surface area contributed by atoms with Crippen LogP contribution in [0.15, 0.2) is 36.4 Å². The molecule has 0 atom stereocenters. The molecule has 0 aliphatic carbocycles. The number of hydrogen-bond acceptors (Lipinski definition) is 4. The topological polar surface area (TPSA) is 81.9 Å². The third-order valence-electron chi connectivity index (χ3n) is 4.44. The summed E-state index contributed by atoms with van der Waals surface area (Å²) in [5.41, 5.74) is 7.57. The second-order valence-electron chi connectivity index (χ2n) is 6.29. The zero-order valence-corrected chi connectivity index (χ0v) is 15.8. The van der Waals surface area contributed by atoms with Gasteiger partial charge in [-0.25, -0.2) is 0 Å². The predicted octanol–water partition coefficient (Wildman–Crippen LogP) is 3.20. The fraction of sp³-hybridized carbons (Fsp3) is 0.300. The Balaban J connectivity index is 1.95. The van der Waals surface area contributed by atoms with E-state index in [-0.39, 0.29) is 29.0 Å². The fourth-order valence-electron chi connectivity index (χ4n) is 3.18. The summed E-state index contributed by atoms with van der Waals surface area (Å²) in [4.78, 5) is 26.0. The average molecular weight is 389 g/mol. The quantitative estimate of drug-likeness (QED) is 0.852. The van der Waals surface area contributed by atoms with Crippen molar-refractivity contribution < 1.29 is 19.1 Å². The van der Waals surface area contributed by atoms with Crippen molar-refractivity contribution >= 4 is 29.1 Å². The lowest BCUT2D eigenvalue weighted by Gasteiger charge is -2.23. The molecule has 1 aliphatic heterocycles. The van der Waals surface area contributed by atoms with Crippen LogP contribution in [0.2, 0.25) is 5.02 Å². The molecule has 2 aromatic carbocycles.